The number of alkyl halides is 1. The van der Waals surface area contributed by atoms with Gasteiger partial charge >= 0.3 is 5.97 Å². The molecule has 0 saturated heterocycles. The molecule has 28 heavy (non-hydrogen) atoms. The van der Waals surface area contributed by atoms with Crippen LogP contribution in [0.1, 0.15) is 48.2 Å². The van der Waals surface area contributed by atoms with Crippen molar-refractivity contribution in [1.82, 2.24) is 15.0 Å². The van der Waals surface area contributed by atoms with Crippen LogP contribution in [-0.2, 0) is 4.74 Å². The van der Waals surface area contributed by atoms with Gasteiger partial charge in [0.1, 0.15) is 28.9 Å². The predicted octanol–water partition coefficient (Wildman–Crippen LogP) is 3.36. The lowest BCUT2D eigenvalue weighted by molar-refractivity contribution is 0.0601. The molecule has 8 nitrogen and oxygen atoms in total. The van der Waals surface area contributed by atoms with Gasteiger partial charge in [0, 0.05) is 18.8 Å². The number of aromatic nitrogens is 3. The molecule has 146 valence electrons. The molecule has 1 aliphatic rings. The van der Waals surface area contributed by atoms with E-state index in [2.05, 4.69) is 25.6 Å². The number of methoxy groups -OCH3 is 1. The molecule has 0 aromatic carbocycles. The Morgan fingerprint density at radius 1 is 1.21 bits per heavy atom. The first-order chi connectivity index (χ1) is 13.5. The summed E-state index contributed by atoms with van der Waals surface area (Å²) >= 11 is 0. The van der Waals surface area contributed by atoms with Gasteiger partial charge in [-0.1, -0.05) is 19.3 Å². The zero-order valence-corrected chi connectivity index (χ0v) is 15.5. The molecule has 2 aromatic rings. The summed E-state index contributed by atoms with van der Waals surface area (Å²) in [5.41, 5.74) is -0.448. The summed E-state index contributed by atoms with van der Waals surface area (Å²) < 4.78 is 19.7. The van der Waals surface area contributed by atoms with Crippen LogP contribution in [0.25, 0.3) is 0 Å². The Kier molecular flexibility index (Phi) is 5.99. The molecule has 0 bridgehead atoms. The summed E-state index contributed by atoms with van der Waals surface area (Å²) in [4.78, 5) is 24.2. The monoisotopic (exact) mass is 384 g/mol. The Balaban J connectivity index is 1.79. The van der Waals surface area contributed by atoms with Gasteiger partial charge in [-0.3, -0.25) is 0 Å². The van der Waals surface area contributed by atoms with Gasteiger partial charge < -0.3 is 15.4 Å². The van der Waals surface area contributed by atoms with Gasteiger partial charge in [0.25, 0.3) is 0 Å². The summed E-state index contributed by atoms with van der Waals surface area (Å²) in [7, 11) is 1.28. The smallest absolute Gasteiger partial charge is 0.341 e. The van der Waals surface area contributed by atoms with Crippen molar-refractivity contribution in [2.45, 2.75) is 37.8 Å². The first kappa shape index (κ1) is 19.5. The molecule has 0 radical (unpaired) electrons. The topological polar surface area (TPSA) is 113 Å². The van der Waals surface area contributed by atoms with Gasteiger partial charge in [0.2, 0.25) is 0 Å². The van der Waals surface area contributed by atoms with Gasteiger partial charge in [-0.2, -0.15) is 5.26 Å². The molecule has 0 amide bonds. The fraction of sp³-hybridized carbons (Fsp3) is 0.421. The number of esters is 1. The fourth-order valence-corrected chi connectivity index (χ4v) is 3.14. The highest BCUT2D eigenvalue weighted by molar-refractivity contribution is 5.95. The van der Waals surface area contributed by atoms with Crippen LogP contribution < -0.4 is 10.6 Å². The lowest BCUT2D eigenvalue weighted by Crippen LogP contribution is -2.34. The molecule has 2 N–H and O–H groups in total. The third kappa shape index (κ3) is 4.71. The minimum atomic E-state index is -1.29. The molecule has 9 heteroatoms. The zero-order chi connectivity index (χ0) is 20.0. The average molecular weight is 384 g/mol. The number of carbonyl (C=O) groups excluding carboxylic acids is 1. The number of hydrogen-bond acceptors (Lipinski definition) is 8. The average Bonchev–Trinajstić information content (AvgIpc) is 2.73. The van der Waals surface area contributed by atoms with E-state index in [1.54, 1.807) is 6.07 Å². The summed E-state index contributed by atoms with van der Waals surface area (Å²) in [6.45, 7) is 0.108. The number of nitriles is 1. The molecule has 1 aliphatic carbocycles. The number of nitrogens with zero attached hydrogens (tertiary/aromatic N) is 4. The van der Waals surface area contributed by atoms with Crippen LogP contribution >= 0.6 is 0 Å². The van der Waals surface area contributed by atoms with Crippen molar-refractivity contribution in [2.75, 3.05) is 24.3 Å². The number of rotatable bonds is 6. The SMILES string of the molecule is COC(=O)c1cnc(Nc2cnc(C#N)cn2)cc1NCC1(F)CCCCC1. The van der Waals surface area contributed by atoms with Gasteiger partial charge in [0.05, 0.1) is 25.2 Å². The predicted molar refractivity (Wildman–Crippen MR) is 101 cm³/mol. The van der Waals surface area contributed by atoms with E-state index in [1.807, 2.05) is 6.07 Å². The Labute approximate surface area is 162 Å². The third-order valence-electron chi connectivity index (χ3n) is 4.68. The number of pyridine rings is 1. The second-order valence-corrected chi connectivity index (χ2v) is 6.70. The van der Waals surface area contributed by atoms with Crippen molar-refractivity contribution in [3.63, 3.8) is 0 Å². The highest BCUT2D eigenvalue weighted by Gasteiger charge is 2.31. The van der Waals surface area contributed by atoms with Crippen molar-refractivity contribution in [3.05, 3.63) is 35.9 Å². The Hall–Kier alpha value is -3.28. The molecule has 2 heterocycles. The molecule has 1 fully saturated rings. The summed E-state index contributed by atoms with van der Waals surface area (Å²) in [5.74, 6) is 0.222. The fourth-order valence-electron chi connectivity index (χ4n) is 3.14. The van der Waals surface area contributed by atoms with Crippen LogP contribution in [0.4, 0.5) is 21.7 Å². The van der Waals surface area contributed by atoms with Gasteiger partial charge in [-0.15, -0.1) is 0 Å². The van der Waals surface area contributed by atoms with Crippen molar-refractivity contribution in [3.8, 4) is 6.07 Å². The van der Waals surface area contributed by atoms with Gasteiger partial charge in [0.15, 0.2) is 5.69 Å². The van der Waals surface area contributed by atoms with E-state index in [4.69, 9.17) is 10.00 Å². The lowest BCUT2D eigenvalue weighted by Gasteiger charge is -2.30. The Bertz CT molecular complexity index is 875. The van der Waals surface area contributed by atoms with Gasteiger partial charge in [-0.05, 0) is 12.8 Å². The maximum Gasteiger partial charge on any atom is 0.341 e. The molecule has 1 saturated carbocycles. The number of hydrogen-bond donors (Lipinski definition) is 2. The Morgan fingerprint density at radius 2 is 1.96 bits per heavy atom. The Morgan fingerprint density at radius 3 is 2.61 bits per heavy atom. The minimum absolute atomic E-state index is 0.108. The van der Waals surface area contributed by atoms with E-state index in [1.165, 1.54) is 25.7 Å². The van der Waals surface area contributed by atoms with Crippen LogP contribution in [-0.4, -0.2) is 40.2 Å². The number of ether oxygens (including phenoxy) is 1. The molecule has 3 rings (SSSR count). The maximum absolute atomic E-state index is 14.9. The van der Waals surface area contributed by atoms with Crippen molar-refractivity contribution in [1.29, 1.82) is 5.26 Å². The molecule has 0 unspecified atom stereocenters. The largest absolute Gasteiger partial charge is 0.465 e. The quantitative estimate of drug-likeness (QED) is 0.729. The van der Waals surface area contributed by atoms with Crippen LogP contribution in [0.15, 0.2) is 24.7 Å². The lowest BCUT2D eigenvalue weighted by atomic mass is 9.86. The van der Waals surface area contributed by atoms with Crippen molar-refractivity contribution in [2.24, 2.45) is 0 Å². The highest BCUT2D eigenvalue weighted by atomic mass is 19.1. The highest BCUT2D eigenvalue weighted by Crippen LogP contribution is 2.32. The van der Waals surface area contributed by atoms with E-state index < -0.39 is 11.6 Å². The van der Waals surface area contributed by atoms with E-state index in [9.17, 15) is 9.18 Å². The van der Waals surface area contributed by atoms with E-state index in [-0.39, 0.29) is 17.8 Å². The molecule has 0 spiro atoms. The van der Waals surface area contributed by atoms with Crippen LogP contribution in [0.3, 0.4) is 0 Å². The number of nitrogens with one attached hydrogen (secondary N) is 2. The normalized spacial score (nSPS) is 15.3. The second kappa shape index (κ2) is 8.61. The number of anilines is 3. The van der Waals surface area contributed by atoms with E-state index >= 15 is 0 Å². The number of carbonyl (C=O) groups is 1. The summed E-state index contributed by atoms with van der Waals surface area (Å²) in [6, 6.07) is 3.49. The molecular weight excluding hydrogens is 363 g/mol. The summed E-state index contributed by atoms with van der Waals surface area (Å²) in [5, 5.41) is 14.8. The summed E-state index contributed by atoms with van der Waals surface area (Å²) in [6.07, 6.45) is 7.88. The first-order valence-corrected chi connectivity index (χ1v) is 9.03. The third-order valence-corrected chi connectivity index (χ3v) is 4.68. The van der Waals surface area contributed by atoms with Crippen molar-refractivity contribution >= 4 is 23.3 Å². The standard InChI is InChI=1S/C19H21FN6O2/c1-28-18(27)14-10-24-16(26-17-11-22-13(8-21)9-23-17)7-15(14)25-12-19(20)5-3-2-4-6-19/h7,9-11H,2-6,12H2,1H3,(H2,23,24,25,26). The van der Waals surface area contributed by atoms with Crippen LogP contribution in [0.5, 0.6) is 0 Å². The van der Waals surface area contributed by atoms with E-state index in [0.717, 1.165) is 19.3 Å². The van der Waals surface area contributed by atoms with Gasteiger partial charge in [-0.25, -0.2) is 24.1 Å². The molecule has 2 aromatic heterocycles. The van der Waals surface area contributed by atoms with E-state index in [0.29, 0.717) is 30.2 Å². The first-order valence-electron chi connectivity index (χ1n) is 9.03. The molecule has 0 atom stereocenters. The molecule has 0 aliphatic heterocycles. The minimum Gasteiger partial charge on any atom is -0.465 e. The number of halogens is 1. The zero-order valence-electron chi connectivity index (χ0n) is 15.5. The molecular formula is C19H21FN6O2. The maximum atomic E-state index is 14.9. The van der Waals surface area contributed by atoms with Crippen LogP contribution in [0, 0.1) is 11.3 Å². The second-order valence-electron chi connectivity index (χ2n) is 6.70. The van der Waals surface area contributed by atoms with Crippen molar-refractivity contribution < 1.29 is 13.9 Å². The van der Waals surface area contributed by atoms with Crippen LogP contribution in [0.2, 0.25) is 0 Å².